The van der Waals surface area contributed by atoms with Gasteiger partial charge in [0.25, 0.3) is 0 Å². The van der Waals surface area contributed by atoms with Crippen LogP contribution in [0.3, 0.4) is 0 Å². The SMILES string of the molecule is CCCCc1c(C)cccc1C#CC(C)(C)c1nc(C)c(C)o1. The number of hydrogen-bond donors (Lipinski definition) is 0. The van der Waals surface area contributed by atoms with Gasteiger partial charge in [-0.3, -0.25) is 0 Å². The maximum Gasteiger partial charge on any atom is 0.212 e. The number of unbranched alkanes of at least 4 members (excludes halogenated alkanes) is 1. The smallest absolute Gasteiger partial charge is 0.212 e. The molecule has 0 amide bonds. The normalized spacial score (nSPS) is 11.2. The van der Waals surface area contributed by atoms with E-state index in [2.05, 4.69) is 62.7 Å². The van der Waals surface area contributed by atoms with Gasteiger partial charge in [0.2, 0.25) is 5.89 Å². The Morgan fingerprint density at radius 3 is 2.52 bits per heavy atom. The van der Waals surface area contributed by atoms with Crippen LogP contribution in [0.1, 0.15) is 67.6 Å². The highest BCUT2D eigenvalue weighted by molar-refractivity contribution is 5.47. The predicted molar refractivity (Wildman–Crippen MR) is 95.7 cm³/mol. The summed E-state index contributed by atoms with van der Waals surface area (Å²) in [6.07, 6.45) is 3.48. The lowest BCUT2D eigenvalue weighted by Crippen LogP contribution is -2.15. The lowest BCUT2D eigenvalue weighted by atomic mass is 9.92. The average Bonchev–Trinajstić information content (AvgIpc) is 2.85. The number of aromatic nitrogens is 1. The lowest BCUT2D eigenvalue weighted by Gasteiger charge is -2.13. The number of nitrogens with zero attached hydrogens (tertiary/aromatic N) is 1. The molecule has 0 aliphatic carbocycles. The van der Waals surface area contributed by atoms with Crippen LogP contribution in [0.15, 0.2) is 22.6 Å². The molecule has 0 aliphatic rings. The van der Waals surface area contributed by atoms with Crippen molar-refractivity contribution in [3.8, 4) is 11.8 Å². The summed E-state index contributed by atoms with van der Waals surface area (Å²) in [5.74, 6) is 8.32. The summed E-state index contributed by atoms with van der Waals surface area (Å²) in [5.41, 5.74) is 4.37. The van der Waals surface area contributed by atoms with Crippen molar-refractivity contribution >= 4 is 0 Å². The molecular formula is C21H27NO. The largest absolute Gasteiger partial charge is 0.444 e. The van der Waals surface area contributed by atoms with Crippen molar-refractivity contribution in [3.63, 3.8) is 0 Å². The molecule has 0 bridgehead atoms. The Morgan fingerprint density at radius 2 is 1.91 bits per heavy atom. The summed E-state index contributed by atoms with van der Waals surface area (Å²) < 4.78 is 5.77. The number of oxazole rings is 1. The predicted octanol–water partition coefficient (Wildman–Crippen LogP) is 5.27. The highest BCUT2D eigenvalue weighted by atomic mass is 16.4. The first-order chi connectivity index (χ1) is 10.8. The Morgan fingerprint density at radius 1 is 1.17 bits per heavy atom. The van der Waals surface area contributed by atoms with Crippen LogP contribution < -0.4 is 0 Å². The Balaban J connectivity index is 2.35. The molecule has 0 N–H and O–H groups in total. The van der Waals surface area contributed by atoms with E-state index in [1.165, 1.54) is 24.0 Å². The van der Waals surface area contributed by atoms with Crippen molar-refractivity contribution in [1.29, 1.82) is 0 Å². The number of hydrogen-bond acceptors (Lipinski definition) is 2. The molecule has 1 aromatic carbocycles. The molecule has 1 aromatic heterocycles. The van der Waals surface area contributed by atoms with E-state index < -0.39 is 5.41 Å². The van der Waals surface area contributed by atoms with Crippen molar-refractivity contribution in [1.82, 2.24) is 4.98 Å². The maximum absolute atomic E-state index is 5.77. The molecule has 1 heterocycles. The first kappa shape index (κ1) is 17.3. The fraction of sp³-hybridized carbons (Fsp3) is 0.476. The van der Waals surface area contributed by atoms with Gasteiger partial charge in [-0.1, -0.05) is 37.3 Å². The minimum absolute atomic E-state index is 0.398. The van der Waals surface area contributed by atoms with Crippen LogP contribution in [0.5, 0.6) is 0 Å². The van der Waals surface area contributed by atoms with Crippen LogP contribution >= 0.6 is 0 Å². The van der Waals surface area contributed by atoms with E-state index in [1.807, 2.05) is 13.8 Å². The monoisotopic (exact) mass is 309 g/mol. The lowest BCUT2D eigenvalue weighted by molar-refractivity contribution is 0.413. The zero-order valence-corrected chi connectivity index (χ0v) is 15.2. The first-order valence-corrected chi connectivity index (χ1v) is 8.41. The van der Waals surface area contributed by atoms with Gasteiger partial charge in [-0.05, 0) is 64.7 Å². The first-order valence-electron chi connectivity index (χ1n) is 8.41. The maximum atomic E-state index is 5.77. The van der Waals surface area contributed by atoms with Gasteiger partial charge in [-0.2, -0.15) is 0 Å². The summed E-state index contributed by atoms with van der Waals surface area (Å²) in [6, 6.07) is 6.37. The molecule has 0 radical (unpaired) electrons. The summed E-state index contributed by atoms with van der Waals surface area (Å²) in [6.45, 7) is 12.4. The quantitative estimate of drug-likeness (QED) is 0.719. The van der Waals surface area contributed by atoms with Crippen LogP contribution in [-0.2, 0) is 11.8 Å². The third-order valence-electron chi connectivity index (χ3n) is 4.26. The molecule has 2 rings (SSSR count). The van der Waals surface area contributed by atoms with E-state index in [0.29, 0.717) is 5.89 Å². The van der Waals surface area contributed by atoms with Crippen molar-refractivity contribution < 1.29 is 4.42 Å². The summed E-state index contributed by atoms with van der Waals surface area (Å²) in [4.78, 5) is 4.51. The van der Waals surface area contributed by atoms with Gasteiger partial charge in [0.15, 0.2) is 0 Å². The molecular weight excluding hydrogens is 282 g/mol. The number of aryl methyl sites for hydroxylation is 3. The van der Waals surface area contributed by atoms with Gasteiger partial charge in [0.05, 0.1) is 5.69 Å². The van der Waals surface area contributed by atoms with Crippen LogP contribution in [0, 0.1) is 32.6 Å². The molecule has 0 atom stereocenters. The van der Waals surface area contributed by atoms with E-state index in [1.54, 1.807) is 0 Å². The minimum Gasteiger partial charge on any atom is -0.444 e. The van der Waals surface area contributed by atoms with Gasteiger partial charge in [0.1, 0.15) is 11.2 Å². The second kappa shape index (κ2) is 7.04. The molecule has 0 unspecified atom stereocenters. The Hall–Kier alpha value is -2.01. The van der Waals surface area contributed by atoms with Gasteiger partial charge in [-0.25, -0.2) is 4.98 Å². The molecule has 2 nitrogen and oxygen atoms in total. The standard InChI is InChI=1S/C21H27NO/c1-7-8-12-19-15(2)10-9-11-18(19)13-14-21(5,6)20-22-16(3)17(4)23-20/h9-11H,7-8,12H2,1-6H3. The summed E-state index contributed by atoms with van der Waals surface area (Å²) in [5, 5.41) is 0. The second-order valence-electron chi connectivity index (χ2n) is 6.74. The highest BCUT2D eigenvalue weighted by Gasteiger charge is 2.24. The molecule has 122 valence electrons. The topological polar surface area (TPSA) is 26.0 Å². The Bertz CT molecular complexity index is 721. The average molecular weight is 309 g/mol. The zero-order valence-electron chi connectivity index (χ0n) is 15.2. The van der Waals surface area contributed by atoms with Crippen LogP contribution in [0.4, 0.5) is 0 Å². The van der Waals surface area contributed by atoms with Crippen molar-refractivity contribution in [2.24, 2.45) is 0 Å². The summed E-state index contributed by atoms with van der Waals surface area (Å²) in [7, 11) is 0. The van der Waals surface area contributed by atoms with Gasteiger partial charge in [-0.15, -0.1) is 0 Å². The molecule has 23 heavy (non-hydrogen) atoms. The molecule has 2 heteroatoms. The third kappa shape index (κ3) is 4.05. The molecule has 2 aromatic rings. The minimum atomic E-state index is -0.398. The third-order valence-corrected chi connectivity index (χ3v) is 4.26. The zero-order chi connectivity index (χ0) is 17.0. The molecule has 0 fully saturated rings. The van der Waals surface area contributed by atoms with Crippen LogP contribution in [0.2, 0.25) is 0 Å². The Labute approximate surface area is 140 Å². The van der Waals surface area contributed by atoms with Crippen molar-refractivity contribution in [2.75, 3.05) is 0 Å². The number of rotatable bonds is 4. The fourth-order valence-electron chi connectivity index (χ4n) is 2.52. The van der Waals surface area contributed by atoms with Gasteiger partial charge < -0.3 is 4.42 Å². The molecule has 0 aliphatic heterocycles. The highest BCUT2D eigenvalue weighted by Crippen LogP contribution is 2.24. The fourth-order valence-corrected chi connectivity index (χ4v) is 2.52. The van der Waals surface area contributed by atoms with Crippen molar-refractivity contribution in [2.45, 2.75) is 66.2 Å². The number of benzene rings is 1. The van der Waals surface area contributed by atoms with E-state index in [9.17, 15) is 0 Å². The molecule has 0 spiro atoms. The molecule has 0 saturated heterocycles. The Kier molecular flexibility index (Phi) is 5.31. The van der Waals surface area contributed by atoms with E-state index >= 15 is 0 Å². The van der Waals surface area contributed by atoms with E-state index in [-0.39, 0.29) is 0 Å². The van der Waals surface area contributed by atoms with Crippen molar-refractivity contribution in [3.05, 3.63) is 52.2 Å². The van der Waals surface area contributed by atoms with Crippen LogP contribution in [0.25, 0.3) is 0 Å². The van der Waals surface area contributed by atoms with E-state index in [0.717, 1.165) is 23.4 Å². The van der Waals surface area contributed by atoms with Gasteiger partial charge >= 0.3 is 0 Å². The van der Waals surface area contributed by atoms with Crippen LogP contribution in [-0.4, -0.2) is 4.98 Å². The summed E-state index contributed by atoms with van der Waals surface area (Å²) >= 11 is 0. The van der Waals surface area contributed by atoms with Gasteiger partial charge in [0, 0.05) is 5.56 Å². The molecule has 0 saturated carbocycles. The second-order valence-corrected chi connectivity index (χ2v) is 6.74. The van der Waals surface area contributed by atoms with E-state index in [4.69, 9.17) is 4.42 Å².